The van der Waals surface area contributed by atoms with Gasteiger partial charge >= 0.3 is 0 Å². The lowest BCUT2D eigenvalue weighted by molar-refractivity contribution is -0.886. The third-order valence-electron chi connectivity index (χ3n) is 5.28. The second kappa shape index (κ2) is 8.05. The molecule has 2 heterocycles. The van der Waals surface area contributed by atoms with Gasteiger partial charge < -0.3 is 9.80 Å². The van der Waals surface area contributed by atoms with Gasteiger partial charge in [-0.3, -0.25) is 4.79 Å². The van der Waals surface area contributed by atoms with E-state index in [-0.39, 0.29) is 11.4 Å². The van der Waals surface area contributed by atoms with E-state index in [9.17, 15) is 10.1 Å². The van der Waals surface area contributed by atoms with Gasteiger partial charge in [-0.2, -0.15) is 5.26 Å². The number of para-hydroxylation sites is 1. The highest BCUT2D eigenvalue weighted by Gasteiger charge is 2.29. The first-order chi connectivity index (χ1) is 13.7. The minimum atomic E-state index is -0.0729. The smallest absolute Gasteiger partial charge is 0.230 e. The molecule has 0 aromatic heterocycles. The predicted octanol–water partition coefficient (Wildman–Crippen LogP) is 2.90. The van der Waals surface area contributed by atoms with E-state index < -0.39 is 0 Å². The summed E-state index contributed by atoms with van der Waals surface area (Å²) in [4.78, 5) is 17.2. The van der Waals surface area contributed by atoms with Gasteiger partial charge in [-0.1, -0.05) is 54.2 Å². The van der Waals surface area contributed by atoms with Gasteiger partial charge in [0.25, 0.3) is 0 Å². The van der Waals surface area contributed by atoms with Gasteiger partial charge in [0, 0.05) is 18.4 Å². The lowest BCUT2D eigenvalue weighted by Gasteiger charge is -2.23. The third-order valence-corrected chi connectivity index (χ3v) is 6.52. The number of benzene rings is 2. The van der Waals surface area contributed by atoms with Gasteiger partial charge in [-0.15, -0.1) is 0 Å². The summed E-state index contributed by atoms with van der Waals surface area (Å²) in [5, 5.41) is 10.4. The topological polar surface area (TPSA) is 48.5 Å². The lowest BCUT2D eigenvalue weighted by atomic mass is 9.99. The number of rotatable bonds is 4. The van der Waals surface area contributed by atoms with Crippen molar-refractivity contribution in [1.29, 1.82) is 5.26 Å². The minimum absolute atomic E-state index is 0.0729. The van der Waals surface area contributed by atoms with Gasteiger partial charge in [0.05, 0.1) is 18.8 Å². The molecular weight excluding hydrogens is 366 g/mol. The zero-order chi connectivity index (χ0) is 19.5. The normalized spacial score (nSPS) is 20.2. The Morgan fingerprint density at radius 1 is 1.18 bits per heavy atom. The van der Waals surface area contributed by atoms with Crippen molar-refractivity contribution in [2.24, 2.45) is 0 Å². The van der Waals surface area contributed by atoms with E-state index in [1.165, 1.54) is 27.8 Å². The van der Waals surface area contributed by atoms with E-state index in [2.05, 4.69) is 36.4 Å². The van der Waals surface area contributed by atoms with Gasteiger partial charge in [0.2, 0.25) is 5.78 Å². The molecule has 0 radical (unpaired) electrons. The molecule has 0 amide bonds. The van der Waals surface area contributed by atoms with Crippen molar-refractivity contribution in [3.63, 3.8) is 0 Å². The molecule has 1 N–H and O–H groups in total. The number of ketones is 1. The van der Waals surface area contributed by atoms with Crippen LogP contribution in [0.2, 0.25) is 0 Å². The Hall–Kier alpha value is -2.81. The van der Waals surface area contributed by atoms with E-state index in [1.807, 2.05) is 42.3 Å². The van der Waals surface area contributed by atoms with Crippen molar-refractivity contribution < 1.29 is 9.69 Å². The van der Waals surface area contributed by atoms with Crippen molar-refractivity contribution >= 4 is 28.8 Å². The molecule has 2 aliphatic heterocycles. The molecule has 0 saturated heterocycles. The number of quaternary nitrogens is 1. The summed E-state index contributed by atoms with van der Waals surface area (Å²) in [6.45, 7) is 2.08. The first kappa shape index (κ1) is 18.5. The standard InChI is InChI=1S/C23H21N3OS/c1-25-20-9-5-6-10-22(20)28-23(25)19(15-24)21(27)16-26-13-11-18(12-14-26)17-7-3-2-4-8-17/h2-11H,12-14,16H2,1H3/p+1/b23-19-. The van der Waals surface area contributed by atoms with Gasteiger partial charge in [-0.05, 0) is 29.3 Å². The number of thioether (sulfide) groups is 1. The summed E-state index contributed by atoms with van der Waals surface area (Å²) in [7, 11) is 1.92. The maximum absolute atomic E-state index is 12.9. The molecule has 1 atom stereocenters. The highest BCUT2D eigenvalue weighted by molar-refractivity contribution is 8.03. The largest absolute Gasteiger partial charge is 0.337 e. The van der Waals surface area contributed by atoms with Crippen LogP contribution in [0.25, 0.3) is 5.57 Å². The maximum Gasteiger partial charge on any atom is 0.230 e. The second-order valence-electron chi connectivity index (χ2n) is 7.07. The Balaban J connectivity index is 1.47. The highest BCUT2D eigenvalue weighted by Crippen LogP contribution is 2.45. The maximum atomic E-state index is 12.9. The fourth-order valence-corrected chi connectivity index (χ4v) is 4.89. The van der Waals surface area contributed by atoms with Crippen molar-refractivity contribution in [2.45, 2.75) is 11.3 Å². The summed E-state index contributed by atoms with van der Waals surface area (Å²) in [6.07, 6.45) is 3.18. The van der Waals surface area contributed by atoms with Gasteiger partial charge in [-0.25, -0.2) is 0 Å². The number of fused-ring (bicyclic) bond motifs is 1. The first-order valence-electron chi connectivity index (χ1n) is 9.43. The number of carbonyl (C=O) groups is 1. The molecule has 5 heteroatoms. The molecule has 140 valence electrons. The first-order valence-corrected chi connectivity index (χ1v) is 10.2. The van der Waals surface area contributed by atoms with Crippen molar-refractivity contribution in [3.8, 4) is 6.07 Å². The van der Waals surface area contributed by atoms with Crippen LogP contribution in [0.4, 0.5) is 5.69 Å². The van der Waals surface area contributed by atoms with E-state index in [0.29, 0.717) is 6.54 Å². The summed E-state index contributed by atoms with van der Waals surface area (Å²) >= 11 is 1.51. The van der Waals surface area contributed by atoms with Crippen molar-refractivity contribution in [1.82, 2.24) is 0 Å². The van der Waals surface area contributed by atoms with E-state index in [1.54, 1.807) is 0 Å². The van der Waals surface area contributed by atoms with E-state index in [0.717, 1.165) is 35.1 Å². The zero-order valence-electron chi connectivity index (χ0n) is 15.8. The van der Waals surface area contributed by atoms with Crippen LogP contribution in [-0.2, 0) is 4.79 Å². The van der Waals surface area contributed by atoms with Crippen LogP contribution in [0.3, 0.4) is 0 Å². The summed E-state index contributed by atoms with van der Waals surface area (Å²) in [6, 6.07) is 20.6. The Morgan fingerprint density at radius 2 is 1.93 bits per heavy atom. The quantitative estimate of drug-likeness (QED) is 0.646. The fourth-order valence-electron chi connectivity index (χ4n) is 3.72. The van der Waals surface area contributed by atoms with E-state index >= 15 is 0 Å². The number of anilines is 1. The minimum Gasteiger partial charge on any atom is -0.337 e. The number of nitriles is 1. The number of Topliss-reactive ketones (excluding diaryl/α,β-unsaturated/α-hetero) is 1. The molecule has 4 rings (SSSR count). The van der Waals surface area contributed by atoms with Crippen molar-refractivity contribution in [2.75, 3.05) is 31.6 Å². The lowest BCUT2D eigenvalue weighted by Crippen LogP contribution is -3.13. The van der Waals surface area contributed by atoms with Crippen LogP contribution in [0.15, 0.2) is 76.2 Å². The number of nitrogens with one attached hydrogen (secondary N) is 1. The number of carbonyl (C=O) groups excluding carboxylic acids is 1. The van der Waals surface area contributed by atoms with Gasteiger partial charge in [0.15, 0.2) is 0 Å². The molecule has 4 nitrogen and oxygen atoms in total. The molecule has 28 heavy (non-hydrogen) atoms. The van der Waals surface area contributed by atoms with Crippen LogP contribution in [0, 0.1) is 11.3 Å². The van der Waals surface area contributed by atoms with Gasteiger partial charge in [0.1, 0.15) is 23.2 Å². The number of nitrogens with zero attached hydrogens (tertiary/aromatic N) is 2. The molecule has 0 saturated carbocycles. The molecule has 0 bridgehead atoms. The Kier molecular flexibility index (Phi) is 5.34. The summed E-state index contributed by atoms with van der Waals surface area (Å²) in [5.74, 6) is -0.0729. The molecule has 2 aliphatic rings. The second-order valence-corrected chi connectivity index (χ2v) is 8.10. The molecule has 2 aromatic rings. The Bertz CT molecular complexity index is 1000. The summed E-state index contributed by atoms with van der Waals surface area (Å²) < 4.78 is 0. The van der Waals surface area contributed by atoms with Crippen LogP contribution < -0.4 is 9.80 Å². The molecule has 2 aromatic carbocycles. The summed E-state index contributed by atoms with van der Waals surface area (Å²) in [5.41, 5.74) is 3.92. The monoisotopic (exact) mass is 388 g/mol. The number of hydrogen-bond donors (Lipinski definition) is 1. The van der Waals surface area contributed by atoms with E-state index in [4.69, 9.17) is 0 Å². The van der Waals surface area contributed by atoms with Crippen LogP contribution in [0.5, 0.6) is 0 Å². The zero-order valence-corrected chi connectivity index (χ0v) is 16.6. The molecule has 0 aliphatic carbocycles. The fraction of sp³-hybridized carbons (Fsp3) is 0.217. The Labute approximate surface area is 169 Å². The van der Waals surface area contributed by atoms with Crippen LogP contribution in [0.1, 0.15) is 12.0 Å². The molecule has 1 unspecified atom stereocenters. The average molecular weight is 389 g/mol. The highest BCUT2D eigenvalue weighted by atomic mass is 32.2. The van der Waals surface area contributed by atoms with Crippen LogP contribution >= 0.6 is 11.8 Å². The van der Waals surface area contributed by atoms with Crippen LogP contribution in [-0.4, -0.2) is 32.5 Å². The predicted molar refractivity (Wildman–Crippen MR) is 113 cm³/mol. The average Bonchev–Trinajstić information content (AvgIpc) is 3.06. The Morgan fingerprint density at radius 3 is 2.61 bits per heavy atom. The third kappa shape index (κ3) is 3.62. The van der Waals surface area contributed by atoms with Crippen molar-refractivity contribution in [3.05, 3.63) is 76.8 Å². The SMILES string of the molecule is CN1/C(=C(\C#N)C(=O)C[NH+]2CC=C(c3ccccc3)CC2)Sc2ccccc21. The number of hydrogen-bond acceptors (Lipinski definition) is 4. The molecular formula is C23H22N3OS+. The molecule has 0 spiro atoms. The molecule has 0 fully saturated rings.